The fourth-order valence-electron chi connectivity index (χ4n) is 1.54. The third-order valence-electron chi connectivity index (χ3n) is 2.55. The summed E-state index contributed by atoms with van der Waals surface area (Å²) in [5, 5.41) is 4.48. The average molecular weight is 363 g/mol. The summed E-state index contributed by atoms with van der Waals surface area (Å²) in [5.74, 6) is 0. The zero-order chi connectivity index (χ0) is 13.1. The van der Waals surface area contributed by atoms with Gasteiger partial charge in [0.25, 0.3) is 0 Å². The molecular formula is C12H15BrN2S3. The SMILES string of the molecule is CCC(N)C(Sc1nc(C)cs1)c1cc(Br)cs1. The van der Waals surface area contributed by atoms with Gasteiger partial charge >= 0.3 is 0 Å². The first-order valence-corrected chi connectivity index (χ1v) is 9.11. The molecule has 2 aromatic heterocycles. The van der Waals surface area contributed by atoms with Gasteiger partial charge in [0, 0.05) is 31.8 Å². The summed E-state index contributed by atoms with van der Waals surface area (Å²) in [6.07, 6.45) is 0.970. The number of aromatic nitrogens is 1. The maximum atomic E-state index is 6.26. The number of aryl methyl sites for hydroxylation is 1. The Labute approximate surface area is 128 Å². The molecule has 2 N–H and O–H groups in total. The summed E-state index contributed by atoms with van der Waals surface area (Å²) < 4.78 is 2.23. The predicted molar refractivity (Wildman–Crippen MR) is 85.7 cm³/mol. The van der Waals surface area contributed by atoms with E-state index < -0.39 is 0 Å². The van der Waals surface area contributed by atoms with Crippen LogP contribution in [0.3, 0.4) is 0 Å². The van der Waals surface area contributed by atoms with Crippen molar-refractivity contribution in [2.45, 2.75) is 35.9 Å². The normalized spacial score (nSPS) is 14.7. The number of hydrogen-bond acceptors (Lipinski definition) is 5. The van der Waals surface area contributed by atoms with E-state index in [2.05, 4.69) is 44.7 Å². The van der Waals surface area contributed by atoms with Crippen LogP contribution in [0.4, 0.5) is 0 Å². The molecule has 0 saturated heterocycles. The molecule has 2 rings (SSSR count). The maximum absolute atomic E-state index is 6.26. The molecule has 6 heteroatoms. The van der Waals surface area contributed by atoms with E-state index in [4.69, 9.17) is 5.73 Å². The molecule has 0 aliphatic carbocycles. The van der Waals surface area contributed by atoms with Gasteiger partial charge < -0.3 is 5.73 Å². The van der Waals surface area contributed by atoms with Crippen LogP contribution in [0, 0.1) is 6.92 Å². The van der Waals surface area contributed by atoms with Crippen LogP contribution in [0.1, 0.15) is 29.2 Å². The highest BCUT2D eigenvalue weighted by Crippen LogP contribution is 2.42. The summed E-state index contributed by atoms with van der Waals surface area (Å²) in [6, 6.07) is 2.32. The van der Waals surface area contributed by atoms with Crippen LogP contribution in [-0.2, 0) is 0 Å². The van der Waals surface area contributed by atoms with Gasteiger partial charge in [0.05, 0.1) is 5.25 Å². The molecular weight excluding hydrogens is 348 g/mol. The number of thiazole rings is 1. The summed E-state index contributed by atoms with van der Waals surface area (Å²) in [5.41, 5.74) is 7.34. The predicted octanol–water partition coefficient (Wildman–Crippen LogP) is 4.85. The molecule has 18 heavy (non-hydrogen) atoms. The lowest BCUT2D eigenvalue weighted by Gasteiger charge is -2.19. The van der Waals surface area contributed by atoms with Crippen molar-refractivity contribution in [3.8, 4) is 0 Å². The van der Waals surface area contributed by atoms with Crippen LogP contribution in [-0.4, -0.2) is 11.0 Å². The largest absolute Gasteiger partial charge is 0.326 e. The Morgan fingerprint density at radius 1 is 1.44 bits per heavy atom. The zero-order valence-corrected chi connectivity index (χ0v) is 14.3. The van der Waals surface area contributed by atoms with Crippen molar-refractivity contribution in [3.05, 3.63) is 31.9 Å². The van der Waals surface area contributed by atoms with Gasteiger partial charge in [0.2, 0.25) is 0 Å². The number of nitrogens with two attached hydrogens (primary N) is 1. The molecule has 0 aromatic carbocycles. The van der Waals surface area contributed by atoms with Crippen molar-refractivity contribution in [3.63, 3.8) is 0 Å². The van der Waals surface area contributed by atoms with E-state index in [1.165, 1.54) is 4.88 Å². The highest BCUT2D eigenvalue weighted by Gasteiger charge is 2.22. The van der Waals surface area contributed by atoms with Crippen LogP contribution >= 0.6 is 50.4 Å². The Balaban J connectivity index is 2.20. The molecule has 2 unspecified atom stereocenters. The lowest BCUT2D eigenvalue weighted by Crippen LogP contribution is -2.25. The van der Waals surface area contributed by atoms with Crippen molar-refractivity contribution in [2.24, 2.45) is 5.73 Å². The molecule has 0 amide bonds. The molecule has 0 radical (unpaired) electrons. The highest BCUT2D eigenvalue weighted by molar-refractivity contribution is 9.10. The summed E-state index contributed by atoms with van der Waals surface area (Å²) in [6.45, 7) is 4.16. The molecule has 0 fully saturated rings. The van der Waals surface area contributed by atoms with Crippen LogP contribution < -0.4 is 5.73 Å². The molecule has 0 saturated carbocycles. The highest BCUT2D eigenvalue weighted by atomic mass is 79.9. The maximum Gasteiger partial charge on any atom is 0.150 e. The van der Waals surface area contributed by atoms with Gasteiger partial charge in [-0.3, -0.25) is 0 Å². The molecule has 2 aromatic rings. The second kappa shape index (κ2) is 6.52. The van der Waals surface area contributed by atoms with Gasteiger partial charge in [0.1, 0.15) is 0 Å². The molecule has 0 bridgehead atoms. The quantitative estimate of drug-likeness (QED) is 0.772. The minimum absolute atomic E-state index is 0.157. The van der Waals surface area contributed by atoms with E-state index in [1.54, 1.807) is 34.4 Å². The van der Waals surface area contributed by atoms with E-state index in [0.717, 1.165) is 20.9 Å². The van der Waals surface area contributed by atoms with Gasteiger partial charge in [-0.25, -0.2) is 4.98 Å². The lowest BCUT2D eigenvalue weighted by molar-refractivity contribution is 0.639. The number of thioether (sulfide) groups is 1. The minimum atomic E-state index is 0.157. The number of rotatable bonds is 5. The fraction of sp³-hybridized carbons (Fsp3) is 0.417. The van der Waals surface area contributed by atoms with Crippen molar-refractivity contribution in [1.82, 2.24) is 4.98 Å². The molecule has 0 aliphatic rings. The Kier molecular flexibility index (Phi) is 5.26. The Morgan fingerprint density at radius 2 is 2.22 bits per heavy atom. The number of nitrogens with zero attached hydrogens (tertiary/aromatic N) is 1. The Hall–Kier alpha value is 0.120. The van der Waals surface area contributed by atoms with Crippen LogP contribution in [0.25, 0.3) is 0 Å². The van der Waals surface area contributed by atoms with Crippen molar-refractivity contribution in [1.29, 1.82) is 0 Å². The molecule has 0 spiro atoms. The second-order valence-corrected chi connectivity index (χ2v) is 8.14. The third kappa shape index (κ3) is 3.57. The van der Waals surface area contributed by atoms with E-state index >= 15 is 0 Å². The van der Waals surface area contributed by atoms with Crippen molar-refractivity contribution >= 4 is 50.4 Å². The van der Waals surface area contributed by atoms with Crippen LogP contribution in [0.5, 0.6) is 0 Å². The Bertz CT molecular complexity index is 509. The number of halogens is 1. The topological polar surface area (TPSA) is 38.9 Å². The molecule has 2 atom stereocenters. The van der Waals surface area contributed by atoms with Gasteiger partial charge in [-0.15, -0.1) is 22.7 Å². The first-order valence-electron chi connectivity index (χ1n) is 5.68. The lowest BCUT2D eigenvalue weighted by atomic mass is 10.1. The van der Waals surface area contributed by atoms with Crippen molar-refractivity contribution in [2.75, 3.05) is 0 Å². The van der Waals surface area contributed by atoms with E-state index in [0.29, 0.717) is 0 Å². The minimum Gasteiger partial charge on any atom is -0.326 e. The first-order chi connectivity index (χ1) is 8.60. The fourth-order valence-corrected chi connectivity index (χ4v) is 5.52. The molecule has 2 heterocycles. The van der Waals surface area contributed by atoms with Gasteiger partial charge in [-0.05, 0) is 35.3 Å². The second-order valence-electron chi connectivity index (χ2n) is 4.03. The van der Waals surface area contributed by atoms with Gasteiger partial charge in [0.15, 0.2) is 4.34 Å². The third-order valence-corrected chi connectivity index (χ3v) is 6.96. The molecule has 2 nitrogen and oxygen atoms in total. The summed E-state index contributed by atoms with van der Waals surface area (Å²) >= 11 is 8.74. The molecule has 98 valence electrons. The Morgan fingerprint density at radius 3 is 2.72 bits per heavy atom. The first kappa shape index (κ1) is 14.5. The van der Waals surface area contributed by atoms with Gasteiger partial charge in [-0.2, -0.15) is 0 Å². The van der Waals surface area contributed by atoms with E-state index in [9.17, 15) is 0 Å². The number of thiophene rings is 1. The zero-order valence-electron chi connectivity index (χ0n) is 10.2. The van der Waals surface area contributed by atoms with Crippen LogP contribution in [0.2, 0.25) is 0 Å². The summed E-state index contributed by atoms with van der Waals surface area (Å²) in [7, 11) is 0. The summed E-state index contributed by atoms with van der Waals surface area (Å²) in [4.78, 5) is 5.83. The van der Waals surface area contributed by atoms with Crippen molar-refractivity contribution < 1.29 is 0 Å². The van der Waals surface area contributed by atoms with Gasteiger partial charge in [-0.1, -0.05) is 18.7 Å². The van der Waals surface area contributed by atoms with E-state index in [-0.39, 0.29) is 11.3 Å². The van der Waals surface area contributed by atoms with Crippen LogP contribution in [0.15, 0.2) is 25.6 Å². The smallest absolute Gasteiger partial charge is 0.150 e. The van der Waals surface area contributed by atoms with E-state index in [1.807, 2.05) is 6.92 Å². The average Bonchev–Trinajstić information content (AvgIpc) is 2.94. The molecule has 0 aliphatic heterocycles. The standard InChI is InChI=1S/C12H15BrN2S3/c1-3-9(14)11(10-4-8(13)6-16-10)18-12-15-7(2)5-17-12/h4-6,9,11H,3,14H2,1-2H3. The number of hydrogen-bond donors (Lipinski definition) is 1. The monoisotopic (exact) mass is 362 g/mol.